The fourth-order valence-electron chi connectivity index (χ4n) is 5.60. The number of aryl methyl sites for hydroxylation is 1. The molecule has 2 aliphatic rings. The first-order chi connectivity index (χ1) is 22.0. The zero-order valence-corrected chi connectivity index (χ0v) is 25.1. The predicted octanol–water partition coefficient (Wildman–Crippen LogP) is 5.80. The monoisotopic (exact) mass is 660 g/mol. The number of nitrogens with zero attached hydrogens (tertiary/aromatic N) is 7. The molecule has 0 radical (unpaired) electrons. The van der Waals surface area contributed by atoms with Gasteiger partial charge in [0.2, 0.25) is 11.7 Å². The van der Waals surface area contributed by atoms with Gasteiger partial charge in [0.15, 0.2) is 5.82 Å². The molecule has 10 nitrogen and oxygen atoms in total. The van der Waals surface area contributed by atoms with E-state index in [9.17, 15) is 22.0 Å². The van der Waals surface area contributed by atoms with E-state index >= 15 is 0 Å². The molecule has 0 bridgehead atoms. The molecule has 1 saturated heterocycles. The second-order valence-corrected chi connectivity index (χ2v) is 11.7. The molecule has 0 saturated carbocycles. The Bertz CT molecular complexity index is 1920. The van der Waals surface area contributed by atoms with Crippen LogP contribution < -0.4 is 4.74 Å². The molecule has 0 aliphatic carbocycles. The summed E-state index contributed by atoms with van der Waals surface area (Å²) in [6.07, 6.45) is -1.47. The summed E-state index contributed by atoms with van der Waals surface area (Å²) in [5, 5.41) is 5.56. The zero-order chi connectivity index (χ0) is 32.2. The summed E-state index contributed by atoms with van der Waals surface area (Å²) in [4.78, 5) is 19.6. The number of benzene rings is 1. The quantitative estimate of drug-likeness (QED) is 0.208. The first-order valence-corrected chi connectivity index (χ1v) is 14.8. The fraction of sp³-hybridized carbons (Fsp3) is 0.367. The van der Waals surface area contributed by atoms with E-state index in [0.717, 1.165) is 47.7 Å². The van der Waals surface area contributed by atoms with Gasteiger partial charge in [-0.1, -0.05) is 11.6 Å². The van der Waals surface area contributed by atoms with Crippen molar-refractivity contribution in [2.24, 2.45) is 0 Å². The topological polar surface area (TPSA) is 107 Å². The Kier molecular flexibility index (Phi) is 7.85. The predicted molar refractivity (Wildman–Crippen MR) is 155 cm³/mol. The molecule has 4 aromatic heterocycles. The Labute approximate surface area is 263 Å². The van der Waals surface area contributed by atoms with Crippen molar-refractivity contribution in [1.82, 2.24) is 39.6 Å². The maximum Gasteiger partial charge on any atom is 0.451 e. The highest BCUT2D eigenvalue weighted by Crippen LogP contribution is 2.30. The molecule has 6 heterocycles. The van der Waals surface area contributed by atoms with Crippen molar-refractivity contribution in [2.45, 2.75) is 58.3 Å². The van der Waals surface area contributed by atoms with Crippen LogP contribution in [0.3, 0.4) is 0 Å². The molecule has 1 N–H and O–H groups in total. The van der Waals surface area contributed by atoms with Gasteiger partial charge in [0, 0.05) is 30.3 Å². The van der Waals surface area contributed by atoms with Gasteiger partial charge >= 0.3 is 6.18 Å². The molecule has 2 aliphatic heterocycles. The van der Waals surface area contributed by atoms with Crippen LogP contribution in [0, 0.1) is 18.6 Å². The number of imidazole rings is 1. The number of hydrogen-bond donors (Lipinski definition) is 1. The largest absolute Gasteiger partial charge is 0.472 e. The first-order valence-electron chi connectivity index (χ1n) is 14.5. The van der Waals surface area contributed by atoms with E-state index in [2.05, 4.69) is 20.0 Å². The van der Waals surface area contributed by atoms with Crippen molar-refractivity contribution in [3.63, 3.8) is 0 Å². The molecule has 46 heavy (non-hydrogen) atoms. The van der Waals surface area contributed by atoms with Gasteiger partial charge in [0.05, 0.1) is 47.7 Å². The van der Waals surface area contributed by atoms with Gasteiger partial charge in [-0.3, -0.25) is 15.0 Å². The number of H-pyrrole nitrogens is 1. The van der Waals surface area contributed by atoms with Crippen LogP contribution in [0.2, 0.25) is 5.02 Å². The summed E-state index contributed by atoms with van der Waals surface area (Å²) in [5.74, 6) is -1.96. The highest BCUT2D eigenvalue weighted by atomic mass is 35.5. The minimum absolute atomic E-state index is 0.0138. The van der Waals surface area contributed by atoms with Gasteiger partial charge in [0.1, 0.15) is 29.8 Å². The molecule has 16 heteroatoms. The molecule has 1 aromatic carbocycles. The number of halogens is 6. The van der Waals surface area contributed by atoms with Crippen molar-refractivity contribution in [2.75, 3.05) is 13.2 Å². The number of aromatic amines is 1. The SMILES string of the molecule is Cc1cc2c(nc1OCc1c(F)cc(Cl)cc1F)CN(Cc1nc3cc(-c4n[nH]c(C(F)(F)F)n4)ncc3n1C[C@@H]1CCO1)CC2. The lowest BCUT2D eigenvalue weighted by atomic mass is 10.0. The number of fused-ring (bicyclic) bond motifs is 2. The third-order valence-electron chi connectivity index (χ3n) is 8.11. The van der Waals surface area contributed by atoms with Crippen LogP contribution in [-0.4, -0.2) is 58.9 Å². The summed E-state index contributed by atoms with van der Waals surface area (Å²) in [6.45, 7) is 4.35. The third kappa shape index (κ3) is 6.01. The molecule has 0 amide bonds. The fourth-order valence-corrected chi connectivity index (χ4v) is 5.79. The van der Waals surface area contributed by atoms with Crippen molar-refractivity contribution >= 4 is 22.6 Å². The van der Waals surface area contributed by atoms with Crippen LogP contribution in [-0.2, 0) is 43.6 Å². The Morgan fingerprint density at radius 1 is 1.11 bits per heavy atom. The van der Waals surface area contributed by atoms with E-state index in [1.54, 1.807) is 12.3 Å². The maximum atomic E-state index is 14.3. The van der Waals surface area contributed by atoms with Crippen molar-refractivity contribution < 1.29 is 31.4 Å². The maximum absolute atomic E-state index is 14.3. The highest BCUT2D eigenvalue weighted by molar-refractivity contribution is 6.30. The lowest BCUT2D eigenvalue weighted by Crippen LogP contribution is -2.34. The molecular weight excluding hydrogens is 635 g/mol. The lowest BCUT2D eigenvalue weighted by molar-refractivity contribution is -0.144. The van der Waals surface area contributed by atoms with Crippen molar-refractivity contribution in [3.05, 3.63) is 81.2 Å². The number of hydrogen-bond acceptors (Lipinski definition) is 8. The number of aromatic nitrogens is 7. The molecule has 0 unspecified atom stereocenters. The molecule has 1 atom stereocenters. The van der Waals surface area contributed by atoms with E-state index in [1.165, 1.54) is 0 Å². The molecule has 240 valence electrons. The zero-order valence-electron chi connectivity index (χ0n) is 24.3. The Morgan fingerprint density at radius 2 is 1.89 bits per heavy atom. The third-order valence-corrected chi connectivity index (χ3v) is 8.32. The Hall–Kier alpha value is -4.21. The normalized spacial score (nSPS) is 16.9. The van der Waals surface area contributed by atoms with Gasteiger partial charge < -0.3 is 14.0 Å². The lowest BCUT2D eigenvalue weighted by Gasteiger charge is -2.30. The summed E-state index contributed by atoms with van der Waals surface area (Å²) in [7, 11) is 0. The molecule has 1 fully saturated rings. The van der Waals surface area contributed by atoms with E-state index in [1.807, 2.05) is 22.7 Å². The second kappa shape index (κ2) is 11.9. The van der Waals surface area contributed by atoms with Crippen LogP contribution in [0.4, 0.5) is 22.0 Å². The molecule has 0 spiro atoms. The standard InChI is InChI=1S/C30H26ClF5N8O2/c1-15-6-16-2-4-43(12-24(16)39-28(15)46-14-19-20(32)7-17(31)8-21(19)33)13-26-38-22-9-23(27-40-29(42-41-27)30(34,35)36)37-10-25(22)44(26)11-18-3-5-45-18/h6-10,18H,2-5,11-14H2,1H3,(H,40,41,42)/t18-/m0/s1. The number of nitrogens with one attached hydrogen (secondary N) is 1. The van der Waals surface area contributed by atoms with Gasteiger partial charge in [-0.15, -0.1) is 0 Å². The molecule has 7 rings (SSSR count). The number of alkyl halides is 3. The second-order valence-electron chi connectivity index (χ2n) is 11.3. The Balaban J connectivity index is 1.13. The van der Waals surface area contributed by atoms with Gasteiger partial charge in [0.25, 0.3) is 0 Å². The van der Waals surface area contributed by atoms with Crippen LogP contribution in [0.15, 0.2) is 30.5 Å². The van der Waals surface area contributed by atoms with Crippen molar-refractivity contribution in [3.8, 4) is 17.4 Å². The van der Waals surface area contributed by atoms with Crippen LogP contribution in [0.25, 0.3) is 22.6 Å². The number of rotatable bonds is 8. The minimum atomic E-state index is -4.66. The van der Waals surface area contributed by atoms with Gasteiger partial charge in [-0.25, -0.2) is 23.7 Å². The summed E-state index contributed by atoms with van der Waals surface area (Å²) < 4.78 is 81.3. The summed E-state index contributed by atoms with van der Waals surface area (Å²) >= 11 is 5.74. The minimum Gasteiger partial charge on any atom is -0.472 e. The van der Waals surface area contributed by atoms with E-state index in [0.29, 0.717) is 43.7 Å². The van der Waals surface area contributed by atoms with E-state index < -0.39 is 23.6 Å². The first kappa shape index (κ1) is 30.4. The Morgan fingerprint density at radius 3 is 2.59 bits per heavy atom. The average molecular weight is 661 g/mol. The molecular formula is C30H26ClF5N8O2. The van der Waals surface area contributed by atoms with Gasteiger partial charge in [-0.05, 0) is 49.6 Å². The van der Waals surface area contributed by atoms with Crippen molar-refractivity contribution in [1.29, 1.82) is 0 Å². The smallest absolute Gasteiger partial charge is 0.451 e. The average Bonchev–Trinajstić information content (AvgIpc) is 3.60. The van der Waals surface area contributed by atoms with E-state index in [4.69, 9.17) is 31.0 Å². The van der Waals surface area contributed by atoms with Crippen LogP contribution in [0.1, 0.15) is 40.5 Å². The summed E-state index contributed by atoms with van der Waals surface area (Å²) in [6, 6.07) is 5.63. The van der Waals surface area contributed by atoms with Crippen LogP contribution in [0.5, 0.6) is 5.88 Å². The number of pyridine rings is 2. The molecule has 5 aromatic rings. The van der Waals surface area contributed by atoms with E-state index in [-0.39, 0.29) is 40.7 Å². The van der Waals surface area contributed by atoms with Crippen LogP contribution >= 0.6 is 11.6 Å². The highest BCUT2D eigenvalue weighted by Gasteiger charge is 2.35. The summed E-state index contributed by atoms with van der Waals surface area (Å²) in [5.41, 5.74) is 3.77. The van der Waals surface area contributed by atoms with Gasteiger partial charge in [-0.2, -0.15) is 18.3 Å². The number of ether oxygens (including phenoxy) is 2.